The molecule has 1 aromatic heterocycles. The van der Waals surface area contributed by atoms with Crippen LogP contribution in [0.15, 0.2) is 54.7 Å². The average molecular weight is 937 g/mol. The summed E-state index contributed by atoms with van der Waals surface area (Å²) in [6.45, 7) is 6.52. The van der Waals surface area contributed by atoms with Crippen molar-refractivity contribution in [3.05, 3.63) is 65.9 Å². The van der Waals surface area contributed by atoms with Gasteiger partial charge in [-0.2, -0.15) is 0 Å². The minimum atomic E-state index is -1.26. The van der Waals surface area contributed by atoms with Crippen molar-refractivity contribution < 1.29 is 48.6 Å². The van der Waals surface area contributed by atoms with Crippen LogP contribution in [0, 0.1) is 29.6 Å². The summed E-state index contributed by atoms with van der Waals surface area (Å²) in [5.74, 6) is -9.01. The van der Waals surface area contributed by atoms with Gasteiger partial charge in [0.1, 0.15) is 11.5 Å². The molecule has 1 saturated heterocycles. The number of phenolic OH excluding ortho intramolecular Hbond substituents is 1. The summed E-state index contributed by atoms with van der Waals surface area (Å²) in [5.41, 5.74) is 13.5. The van der Waals surface area contributed by atoms with Crippen LogP contribution in [0.5, 0.6) is 5.75 Å². The Morgan fingerprint density at radius 2 is 1.45 bits per heavy atom. The van der Waals surface area contributed by atoms with Crippen LogP contribution >= 0.6 is 21.6 Å². The number of aromatic amines is 1. The highest BCUT2D eigenvalue weighted by Crippen LogP contribution is 2.29. The number of fused-ring (bicyclic) bond motifs is 1. The van der Waals surface area contributed by atoms with Gasteiger partial charge in [-0.1, -0.05) is 65.8 Å². The Bertz CT molecular complexity index is 2140. The Morgan fingerprint density at radius 3 is 2.09 bits per heavy atom. The number of aromatic hydroxyl groups is 1. The van der Waals surface area contributed by atoms with E-state index in [1.807, 2.05) is 24.3 Å². The van der Waals surface area contributed by atoms with E-state index in [1.165, 1.54) is 36.8 Å². The predicted octanol–water partition coefficient (Wildman–Crippen LogP) is 3.48. The average Bonchev–Trinajstić information content (AvgIpc) is 3.66. The Morgan fingerprint density at radius 1 is 0.800 bits per heavy atom. The van der Waals surface area contributed by atoms with E-state index in [-0.39, 0.29) is 61.6 Å². The number of carbonyl (C=O) groups is 8. The van der Waals surface area contributed by atoms with Crippen molar-refractivity contribution >= 4 is 79.3 Å². The van der Waals surface area contributed by atoms with Crippen LogP contribution in [0.25, 0.3) is 10.9 Å². The Hall–Kier alpha value is -5.04. The molecule has 0 radical (unpaired) electrons. The van der Waals surface area contributed by atoms with Gasteiger partial charge < -0.3 is 47.4 Å². The molecule has 10 N–H and O–H groups in total. The number of hydrogen-bond donors (Lipinski definition) is 8. The molecular weight excluding hydrogens is 873 g/mol. The number of aliphatic hydroxyl groups excluding tert-OH is 1. The van der Waals surface area contributed by atoms with Crippen LogP contribution in [0.4, 0.5) is 0 Å². The zero-order valence-corrected chi connectivity index (χ0v) is 39.1. The second-order valence-corrected chi connectivity index (χ2v) is 19.9. The zero-order chi connectivity index (χ0) is 47.8. The van der Waals surface area contributed by atoms with Gasteiger partial charge in [-0.05, 0) is 87.7 Å². The maximum Gasteiger partial charge on any atom is 0.225 e. The fourth-order valence-corrected chi connectivity index (χ4v) is 10.4. The summed E-state index contributed by atoms with van der Waals surface area (Å²) in [4.78, 5) is 114. The third-order valence-corrected chi connectivity index (χ3v) is 14.3. The summed E-state index contributed by atoms with van der Waals surface area (Å²) >= 11 is 0. The summed E-state index contributed by atoms with van der Waals surface area (Å²) in [5, 5.41) is 29.6. The number of hydrogen-bond acceptors (Lipinski definition) is 13. The number of ketones is 4. The summed E-state index contributed by atoms with van der Waals surface area (Å²) in [7, 11) is 2.31. The molecule has 65 heavy (non-hydrogen) atoms. The lowest BCUT2D eigenvalue weighted by Crippen LogP contribution is -2.50. The fourth-order valence-electron chi connectivity index (χ4n) is 7.88. The number of nitrogens with one attached hydrogen (secondary N) is 4. The lowest BCUT2D eigenvalue weighted by Gasteiger charge is -2.28. The first-order valence-corrected chi connectivity index (χ1v) is 24.6. The smallest absolute Gasteiger partial charge is 0.225 e. The number of aliphatic hydroxyl groups is 1. The van der Waals surface area contributed by atoms with Crippen molar-refractivity contribution in [3.63, 3.8) is 0 Å². The number of nitrogens with two attached hydrogens (primary N) is 2. The second-order valence-electron chi connectivity index (χ2n) is 17.4. The van der Waals surface area contributed by atoms with Gasteiger partial charge in [0.25, 0.3) is 0 Å². The first kappa shape index (κ1) is 52.6. The maximum absolute atomic E-state index is 14.6. The lowest BCUT2D eigenvalue weighted by molar-refractivity contribution is -0.136. The minimum absolute atomic E-state index is 0.00000395. The van der Waals surface area contributed by atoms with Gasteiger partial charge in [-0.15, -0.1) is 0 Å². The van der Waals surface area contributed by atoms with Gasteiger partial charge in [0.15, 0.2) is 17.3 Å². The van der Waals surface area contributed by atoms with Crippen LogP contribution in [0.2, 0.25) is 0 Å². The molecule has 1 aliphatic heterocycles. The molecule has 0 spiro atoms. The number of para-hydroxylation sites is 1. The summed E-state index contributed by atoms with van der Waals surface area (Å²) in [6.07, 6.45) is 0.530. The van der Waals surface area contributed by atoms with Gasteiger partial charge in [-0.3, -0.25) is 33.6 Å². The molecule has 4 amide bonds. The van der Waals surface area contributed by atoms with E-state index in [0.29, 0.717) is 24.9 Å². The quantitative estimate of drug-likeness (QED) is 0.0756. The summed E-state index contributed by atoms with van der Waals surface area (Å²) < 4.78 is 0. The molecule has 0 saturated carbocycles. The van der Waals surface area contributed by atoms with Crippen molar-refractivity contribution in [1.29, 1.82) is 0 Å². The van der Waals surface area contributed by atoms with Crippen LogP contribution in [-0.4, -0.2) is 104 Å². The molecule has 1 unspecified atom stereocenters. The SMILES string of the molecule is CC(=O)C[C@H]1CSSC[C@H](C(=O)C[C@@H](C(N)=O)C(C)O)NC(=O)[C@H](C(C)C)CC(=O)[C@H](CCCCN)NC(=O)[C@@H](Cc2c[nH]c3ccccc23)CC(=O)[C@@H](Cc2ccc(O)cc2)NC1=O. The third-order valence-electron chi connectivity index (χ3n) is 11.8. The zero-order valence-electron chi connectivity index (χ0n) is 37.5. The Kier molecular flexibility index (Phi) is 20.7. The van der Waals surface area contributed by atoms with Crippen LogP contribution < -0.4 is 27.4 Å². The number of rotatable bonds is 16. The molecule has 4 rings (SSSR count). The number of carbonyl (C=O) groups excluding carboxylic acids is 8. The van der Waals surface area contributed by atoms with Gasteiger partial charge in [0.05, 0.1) is 36.1 Å². The standard InChI is InChI=1S/C47H64N6O10S2/c1-26(2)35-21-42(58)38(11-7-8-16-48)51-45(61)30(19-31-23-50-37-10-6-5-9-34(31)37)20-41(57)39(18-29-12-14-33(56)15-13-29)52-46(62)32(17-27(3)54)24-64-65-25-40(53-47(35)63)43(59)22-36(28(4)55)44(49)60/h5-6,9-10,12-15,23,26,28,30,32,35-36,38-40,50,55-56H,7-8,11,16-22,24-25,48H2,1-4H3,(H2,49,60)(H,51,61)(H,52,62)(H,53,63)/t28?,30-,32-,35-,36+,38-,39+,40+/m0/s1. The van der Waals surface area contributed by atoms with Crippen molar-refractivity contribution in [2.75, 3.05) is 18.1 Å². The third kappa shape index (κ3) is 16.1. The fraction of sp³-hybridized carbons (Fsp3) is 0.532. The van der Waals surface area contributed by atoms with Crippen molar-refractivity contribution in [2.45, 2.75) is 110 Å². The molecule has 0 aliphatic carbocycles. The molecule has 0 bridgehead atoms. The first-order chi connectivity index (χ1) is 30.9. The molecule has 2 aromatic carbocycles. The molecular formula is C47H64N6O10S2. The maximum atomic E-state index is 14.6. The molecule has 18 heteroatoms. The number of unbranched alkanes of at least 4 members (excludes halogenated alkanes) is 1. The van der Waals surface area contributed by atoms with Gasteiger partial charge in [-0.25, -0.2) is 0 Å². The van der Waals surface area contributed by atoms with E-state index < -0.39 is 101 Å². The number of aromatic nitrogens is 1. The van der Waals surface area contributed by atoms with E-state index in [1.54, 1.807) is 32.2 Å². The lowest BCUT2D eigenvalue weighted by atomic mass is 9.86. The highest BCUT2D eigenvalue weighted by Gasteiger charge is 2.36. The second kappa shape index (κ2) is 25.6. The molecule has 1 fully saturated rings. The van der Waals surface area contributed by atoms with E-state index in [0.717, 1.165) is 27.3 Å². The highest BCUT2D eigenvalue weighted by molar-refractivity contribution is 8.76. The molecule has 1 aliphatic rings. The monoisotopic (exact) mass is 936 g/mol. The largest absolute Gasteiger partial charge is 0.508 e. The van der Waals surface area contributed by atoms with Crippen molar-refractivity contribution in [3.8, 4) is 5.75 Å². The number of benzene rings is 2. The Balaban J connectivity index is 1.80. The van der Waals surface area contributed by atoms with Crippen LogP contribution in [0.1, 0.15) is 83.8 Å². The number of Topliss-reactive ketones (excluding diaryl/α,β-unsaturated/α-hetero) is 4. The normalized spacial score (nSPS) is 23.3. The first-order valence-electron chi connectivity index (χ1n) is 22.1. The molecule has 2 heterocycles. The van der Waals surface area contributed by atoms with E-state index >= 15 is 0 Å². The van der Waals surface area contributed by atoms with E-state index in [9.17, 15) is 48.6 Å². The molecule has 16 nitrogen and oxygen atoms in total. The number of phenols is 1. The van der Waals surface area contributed by atoms with E-state index in [2.05, 4.69) is 20.9 Å². The minimum Gasteiger partial charge on any atom is -0.508 e. The molecule has 354 valence electrons. The van der Waals surface area contributed by atoms with Gasteiger partial charge >= 0.3 is 0 Å². The predicted molar refractivity (Wildman–Crippen MR) is 251 cm³/mol. The topological polar surface area (TPSA) is 281 Å². The molecule has 8 atom stereocenters. The molecule has 3 aromatic rings. The van der Waals surface area contributed by atoms with Crippen molar-refractivity contribution in [1.82, 2.24) is 20.9 Å². The summed E-state index contributed by atoms with van der Waals surface area (Å²) in [6, 6.07) is 10.2. The number of H-pyrrole nitrogens is 1. The van der Waals surface area contributed by atoms with Crippen LogP contribution in [0.3, 0.4) is 0 Å². The Labute approximate surface area is 387 Å². The number of amides is 4. The van der Waals surface area contributed by atoms with Crippen molar-refractivity contribution in [2.24, 2.45) is 41.1 Å². The van der Waals surface area contributed by atoms with Gasteiger partial charge in [0, 0.05) is 66.1 Å². The van der Waals surface area contributed by atoms with Gasteiger partial charge in [0.2, 0.25) is 23.6 Å². The highest BCUT2D eigenvalue weighted by atomic mass is 33.1. The van der Waals surface area contributed by atoms with Crippen LogP contribution in [-0.2, 0) is 51.2 Å². The van der Waals surface area contributed by atoms with E-state index in [4.69, 9.17) is 11.5 Å². The number of primary amides is 1.